The number of carbonyl (C=O) groups is 4. The van der Waals surface area contributed by atoms with Crippen molar-refractivity contribution in [1.29, 1.82) is 0 Å². The van der Waals surface area contributed by atoms with E-state index in [1.807, 2.05) is 19.9 Å². The van der Waals surface area contributed by atoms with Gasteiger partial charge in [0.2, 0.25) is 0 Å². The molecule has 1 saturated carbocycles. The van der Waals surface area contributed by atoms with E-state index in [1.54, 1.807) is 54.8 Å². The smallest absolute Gasteiger partial charge is 0.266 e. The van der Waals surface area contributed by atoms with Gasteiger partial charge in [0, 0.05) is 108 Å². The summed E-state index contributed by atoms with van der Waals surface area (Å²) in [6.07, 6.45) is 3.50. The lowest BCUT2D eigenvalue weighted by Crippen LogP contribution is -2.49. The molecule has 30 nitrogen and oxygen atoms in total. The highest BCUT2D eigenvalue weighted by Gasteiger charge is 2.42. The highest BCUT2D eigenvalue weighted by molar-refractivity contribution is 6.09. The predicted molar refractivity (Wildman–Crippen MR) is 495 cm³/mol. The molecular weight excluding hydrogens is 1830 g/mol. The number of amides is 4. The summed E-state index contributed by atoms with van der Waals surface area (Å²) in [5, 5.41) is 13.6. The summed E-state index contributed by atoms with van der Waals surface area (Å²) >= 11 is 0. The Balaban J connectivity index is 0.000000140. The third-order valence-electron chi connectivity index (χ3n) is 26.0. The number of rotatable bonds is 20. The van der Waals surface area contributed by atoms with E-state index in [9.17, 15) is 91.0 Å². The van der Waals surface area contributed by atoms with Crippen LogP contribution in [0.3, 0.4) is 0 Å². The normalized spacial score (nSPS) is 17.2. The van der Waals surface area contributed by atoms with Crippen LogP contribution in [0.5, 0.6) is 0 Å². The number of ether oxygens (including phenoxy) is 1. The van der Waals surface area contributed by atoms with Crippen LogP contribution in [-0.2, 0) is 39.3 Å². The second kappa shape index (κ2) is 41.8. The summed E-state index contributed by atoms with van der Waals surface area (Å²) in [4.78, 5) is 150. The number of nitrogens with zero attached hydrogens (tertiary/aromatic N) is 17. The number of piperidine rings is 2. The minimum Gasteiger partial charge on any atom is -0.380 e. The van der Waals surface area contributed by atoms with Gasteiger partial charge in [0.1, 0.15) is 117 Å². The number of aryl methyl sites for hydroxylation is 4. The van der Waals surface area contributed by atoms with E-state index >= 15 is 0 Å². The maximum absolute atomic E-state index is 14.7. The number of halogens is 12. The van der Waals surface area contributed by atoms with Gasteiger partial charge >= 0.3 is 0 Å². The fourth-order valence-electron chi connectivity index (χ4n) is 18.6. The molecule has 4 N–H and O–H groups in total. The van der Waals surface area contributed by atoms with E-state index in [2.05, 4.69) is 66.1 Å². The quantitative estimate of drug-likeness (QED) is 0.0515. The van der Waals surface area contributed by atoms with Crippen molar-refractivity contribution in [2.24, 2.45) is 34.1 Å². The second-order valence-corrected chi connectivity index (χ2v) is 34.8. The van der Waals surface area contributed by atoms with Gasteiger partial charge in [-0.05, 0) is 135 Å². The van der Waals surface area contributed by atoms with E-state index < -0.39 is 129 Å². The third kappa shape index (κ3) is 20.0. The van der Waals surface area contributed by atoms with Crippen molar-refractivity contribution in [3.8, 4) is 0 Å². The fraction of sp³-hybridized carbons (Fsp3) is 0.371. The van der Waals surface area contributed by atoms with Gasteiger partial charge in [0.25, 0.3) is 71.6 Å². The number of hydrogen-bond donors (Lipinski definition) is 4. The number of aromatic nitrogens is 13. The summed E-state index contributed by atoms with van der Waals surface area (Å²) in [5.74, 6) is -4.07. The minimum atomic E-state index is -2.95. The van der Waals surface area contributed by atoms with Crippen LogP contribution in [0.25, 0.3) is 44.1 Å². The number of nitrogens with one attached hydrogen (secondary N) is 4. The zero-order valence-corrected chi connectivity index (χ0v) is 76.9. The highest BCUT2D eigenvalue weighted by Crippen LogP contribution is 2.41. The summed E-state index contributed by atoms with van der Waals surface area (Å²) < 4.78 is 174. The number of pyridine rings is 5. The molecule has 5 aliphatic rings. The van der Waals surface area contributed by atoms with Crippen LogP contribution < -0.4 is 48.4 Å². The topological polar surface area (TPSA) is 343 Å². The lowest BCUT2D eigenvalue weighted by Gasteiger charge is -2.39. The first-order chi connectivity index (χ1) is 66.4. The first-order valence-corrected chi connectivity index (χ1v) is 44.9. The van der Waals surface area contributed by atoms with Crippen LogP contribution in [0, 0.1) is 29.2 Å². The molecule has 2 bridgehead atoms. The lowest BCUT2D eigenvalue weighted by molar-refractivity contribution is 0.0507. The molecule has 42 heteroatoms. The van der Waals surface area contributed by atoms with Crippen molar-refractivity contribution in [1.82, 2.24) is 77.8 Å². The monoisotopic (exact) mass is 1930 g/mol. The lowest BCUT2D eigenvalue weighted by atomic mass is 9.96. The van der Waals surface area contributed by atoms with Gasteiger partial charge in [-0.2, -0.15) is 0 Å². The summed E-state index contributed by atoms with van der Waals surface area (Å²) in [5.41, 5.74) is -1.89. The zero-order valence-electron chi connectivity index (χ0n) is 76.9. The van der Waals surface area contributed by atoms with E-state index in [4.69, 9.17) is 4.74 Å². The number of hydrogen-bond acceptors (Lipinski definition) is 22. The summed E-state index contributed by atoms with van der Waals surface area (Å²) in [6.45, 7) is 13.2. The average molecular weight is 1930 g/mol. The van der Waals surface area contributed by atoms with Gasteiger partial charge in [-0.25, -0.2) is 92.6 Å². The molecule has 139 heavy (non-hydrogen) atoms. The molecule has 8 atom stereocenters. The Morgan fingerprint density at radius 2 is 0.763 bits per heavy atom. The molecule has 3 saturated heterocycles. The number of anilines is 5. The van der Waals surface area contributed by atoms with Gasteiger partial charge in [-0.1, -0.05) is 72.8 Å². The molecule has 4 aromatic carbocycles. The molecule has 9 aromatic heterocycles. The Morgan fingerprint density at radius 1 is 0.410 bits per heavy atom. The molecule has 0 radical (unpaired) electrons. The standard InChI is InChI=1S/C25H21F3N6O2.C25H28F3N5O2.C24H24F3N5O2.C23H24F3N5O3/c1-13(15-4-3-5-16(20(15)26)21(27)28)32-22-17-10-18(24(35)33(2)23(17)31-12-30-22)25(36)34-9-7-14-6-8-29-11-19(14)34;1-13-7-5-8-14(2)33(13)25(35)19-11-18-22(29-12-30-23(18)32(4)24(19)34)31-15(3)16-9-6-10-17(20(16)26)21(27)28;1-12(15-4-3-5-16(19(15)25)20(26)27)30-21-17-9-18(23(33)31(2)22(17)29-11-28-21)24(34)32-10-13-6-7-14(32)8-13;1-13(14-5-3-6-15(18(14)24)19(25)26)29-20-16-11-17(22(32)30(2)21(16)28-12-27-20)23(33)31-7-4-9-34-10-8-31/h3-6,8,10-13,21H,7,9H2,1-2H3,(H,30,31,32);6,9-15,21H,5,7-8H2,1-4H3,(H,29,30,31);3-5,9,11-14,20H,6-8,10H2,1-2H3,(H,28,29,30);3,5-6,11-13,19H,4,7-10H2,1-2H3,(H,27,28,29)/t13-;13-,14+,15-;12-,13?,14?;13-/m1111/s1. The van der Waals surface area contributed by atoms with Crippen LogP contribution in [-0.4, -0.2) is 159 Å². The number of alkyl halides is 8. The van der Waals surface area contributed by atoms with Gasteiger partial charge in [0.05, 0.1) is 86.5 Å². The number of benzene rings is 4. The van der Waals surface area contributed by atoms with Gasteiger partial charge < -0.3 is 45.6 Å². The zero-order chi connectivity index (χ0) is 99.5. The minimum absolute atomic E-state index is 0.00128. The van der Waals surface area contributed by atoms with E-state index in [0.717, 1.165) is 68.4 Å². The van der Waals surface area contributed by atoms with Gasteiger partial charge in [0.15, 0.2) is 0 Å². The first kappa shape index (κ1) is 98.9. The van der Waals surface area contributed by atoms with Crippen molar-refractivity contribution in [3.63, 3.8) is 0 Å². The Morgan fingerprint density at radius 3 is 1.12 bits per heavy atom. The maximum Gasteiger partial charge on any atom is 0.266 e. The molecule has 18 rings (SSSR count). The molecule has 728 valence electrons. The SMILES string of the molecule is C[C@@H](Nc1ncnc2c1cc(C(=O)N1CC3CCC1C3)c(=O)n2C)c1cccc(C(F)F)c1F.C[C@@H](Nc1ncnc2c1cc(C(=O)N1CCCOCC1)c(=O)n2C)c1cccc(C(F)F)c1F.C[C@@H](Nc1ncnc2c1cc(C(=O)N1CCc3ccncc31)c(=O)n2C)c1cccc(C(F)F)c1F.C[C@@H]1CCC[C@H](C)N1C(=O)c1cc2c(N[C@H](C)c3cccc(C(F)F)c3F)ncnc2n(C)c1=O. The van der Waals surface area contributed by atoms with E-state index in [1.165, 1.54) is 149 Å². The van der Waals surface area contributed by atoms with E-state index in [-0.39, 0.29) is 115 Å². The van der Waals surface area contributed by atoms with E-state index in [0.29, 0.717) is 91.0 Å². The molecule has 4 aliphatic heterocycles. The van der Waals surface area contributed by atoms with Crippen LogP contribution in [0.15, 0.2) is 160 Å². The highest BCUT2D eigenvalue weighted by atomic mass is 19.3. The Hall–Kier alpha value is -14.6. The molecule has 4 amide bonds. The molecule has 13 aromatic rings. The largest absolute Gasteiger partial charge is 0.380 e. The average Bonchev–Trinajstić information content (AvgIpc) is 1.74. The van der Waals surface area contributed by atoms with Crippen molar-refractivity contribution in [3.05, 3.63) is 278 Å². The van der Waals surface area contributed by atoms with Crippen molar-refractivity contribution >= 4 is 96.7 Å². The fourth-order valence-corrected chi connectivity index (χ4v) is 18.6. The molecule has 2 unspecified atom stereocenters. The Bertz CT molecular complexity index is 7160. The van der Waals surface area contributed by atoms with Crippen molar-refractivity contribution < 1.29 is 76.6 Å². The summed E-state index contributed by atoms with van der Waals surface area (Å²) in [6, 6.07) is 20.1. The molecule has 1 aliphatic carbocycles. The van der Waals surface area contributed by atoms with Crippen LogP contribution in [0.4, 0.5) is 81.6 Å². The van der Waals surface area contributed by atoms with Crippen LogP contribution in [0.2, 0.25) is 0 Å². The van der Waals surface area contributed by atoms with Gasteiger partial charge in [-0.15, -0.1) is 0 Å². The Labute approximate surface area is 786 Å². The maximum atomic E-state index is 14.7. The number of likely N-dealkylation sites (tertiary alicyclic amines) is 2. The molecule has 4 fully saturated rings. The molecule has 0 spiro atoms. The van der Waals surface area contributed by atoms with Crippen LogP contribution in [0.1, 0.15) is 228 Å². The third-order valence-corrected chi connectivity index (χ3v) is 26.0. The molecule has 13 heterocycles. The van der Waals surface area contributed by atoms with Crippen molar-refractivity contribution in [2.75, 3.05) is 65.6 Å². The first-order valence-electron chi connectivity index (χ1n) is 44.9. The predicted octanol–water partition coefficient (Wildman–Crippen LogP) is 16.8. The number of fused-ring (bicyclic) bond motifs is 7. The van der Waals surface area contributed by atoms with Crippen LogP contribution >= 0.6 is 0 Å². The number of carbonyl (C=O) groups excluding carboxylic acids is 4. The summed E-state index contributed by atoms with van der Waals surface area (Å²) in [7, 11) is 6.05. The second-order valence-electron chi connectivity index (χ2n) is 34.8. The molecular formula is C97H97F12N21O9. The Kier molecular flexibility index (Phi) is 29.7. The van der Waals surface area contributed by atoms with Gasteiger partial charge in [-0.3, -0.25) is 61.6 Å². The van der Waals surface area contributed by atoms with Crippen molar-refractivity contribution in [2.45, 2.75) is 161 Å².